The second-order valence-electron chi connectivity index (χ2n) is 8.36. The van der Waals surface area contributed by atoms with E-state index in [0.717, 1.165) is 22.2 Å². The highest BCUT2D eigenvalue weighted by Gasteiger charge is 2.47. The first-order valence-corrected chi connectivity index (χ1v) is 10.9. The summed E-state index contributed by atoms with van der Waals surface area (Å²) in [6.07, 6.45) is 2.44. The zero-order chi connectivity index (χ0) is 23.4. The molecule has 0 radical (unpaired) electrons. The maximum absolute atomic E-state index is 13.6. The number of ether oxygens (including phenoxy) is 1. The van der Waals surface area contributed by atoms with Crippen molar-refractivity contribution >= 4 is 34.0 Å². The van der Waals surface area contributed by atoms with Crippen LogP contribution in [0.5, 0.6) is 5.75 Å². The van der Waals surface area contributed by atoms with Crippen molar-refractivity contribution in [2.45, 2.75) is 12.5 Å². The number of nitrogens with one attached hydrogen (secondary N) is 1. The monoisotopic (exact) mass is 454 g/mol. The van der Waals surface area contributed by atoms with Crippen molar-refractivity contribution in [1.29, 1.82) is 0 Å². The molecule has 3 aromatic carbocycles. The van der Waals surface area contributed by atoms with E-state index in [1.54, 1.807) is 24.4 Å². The zero-order valence-corrected chi connectivity index (χ0v) is 17.9. The van der Waals surface area contributed by atoms with E-state index in [-0.39, 0.29) is 11.3 Å². The highest BCUT2D eigenvalue weighted by molar-refractivity contribution is 6.51. The number of aliphatic hydroxyl groups is 1. The second-order valence-corrected chi connectivity index (χ2v) is 8.36. The number of para-hydroxylation sites is 1. The van der Waals surface area contributed by atoms with Crippen molar-refractivity contribution < 1.29 is 23.8 Å². The average molecular weight is 454 g/mol. The number of aliphatic hydroxyl groups excluding tert-OH is 1. The quantitative estimate of drug-likeness (QED) is 0.263. The molecule has 2 aliphatic heterocycles. The van der Waals surface area contributed by atoms with E-state index in [2.05, 4.69) is 4.98 Å². The Balaban J connectivity index is 1.59. The van der Waals surface area contributed by atoms with Crippen LogP contribution in [0.15, 0.2) is 78.5 Å². The summed E-state index contributed by atoms with van der Waals surface area (Å²) in [5.41, 5.74) is 3.20. The summed E-state index contributed by atoms with van der Waals surface area (Å²) in [5, 5.41) is 12.2. The predicted molar refractivity (Wildman–Crippen MR) is 125 cm³/mol. The number of aromatic amines is 1. The largest absolute Gasteiger partial charge is 0.507 e. The van der Waals surface area contributed by atoms with Gasteiger partial charge in [-0.15, -0.1) is 0 Å². The third-order valence-electron chi connectivity index (χ3n) is 6.43. The number of rotatable bonds is 3. The van der Waals surface area contributed by atoms with E-state index >= 15 is 0 Å². The summed E-state index contributed by atoms with van der Waals surface area (Å²) in [6, 6.07) is 17.2. The van der Waals surface area contributed by atoms with E-state index in [9.17, 15) is 19.1 Å². The Hall–Kier alpha value is -4.39. The molecule has 34 heavy (non-hydrogen) atoms. The second kappa shape index (κ2) is 7.59. The summed E-state index contributed by atoms with van der Waals surface area (Å²) in [7, 11) is 0. The number of H-pyrrole nitrogens is 1. The molecule has 1 aromatic heterocycles. The Bertz CT molecular complexity index is 1500. The Morgan fingerprint density at radius 1 is 1.06 bits per heavy atom. The molecule has 0 bridgehead atoms. The van der Waals surface area contributed by atoms with Crippen LogP contribution in [0.3, 0.4) is 0 Å². The number of benzene rings is 3. The Morgan fingerprint density at radius 2 is 1.85 bits per heavy atom. The summed E-state index contributed by atoms with van der Waals surface area (Å²) < 4.78 is 19.2. The molecule has 2 aliphatic rings. The fourth-order valence-electron chi connectivity index (χ4n) is 4.80. The number of halogens is 1. The smallest absolute Gasteiger partial charge is 0.300 e. The van der Waals surface area contributed by atoms with Crippen molar-refractivity contribution in [3.05, 3.63) is 101 Å². The number of fused-ring (bicyclic) bond motifs is 2. The van der Waals surface area contributed by atoms with E-state index in [4.69, 9.17) is 4.74 Å². The van der Waals surface area contributed by atoms with Crippen LogP contribution in [0.2, 0.25) is 0 Å². The number of anilines is 1. The first kappa shape index (κ1) is 20.2. The Kier molecular flexibility index (Phi) is 4.52. The number of Topliss-reactive ketones (excluding diaryl/α,β-unsaturated/α-hetero) is 1. The van der Waals surface area contributed by atoms with E-state index in [1.165, 1.54) is 29.2 Å². The minimum atomic E-state index is -0.897. The standard InChI is InChI=1S/C27H19FN2O4/c28-17-6-8-18(9-7-17)30-24(20-14-29-21-4-2-1-3-19(20)21)23(26(32)27(30)33)25(31)16-5-10-22-15(13-16)11-12-34-22/h1-10,13-14,24,29,31H,11-12H2/b25-23+. The van der Waals surface area contributed by atoms with Crippen molar-refractivity contribution in [2.75, 3.05) is 11.5 Å². The number of nitrogens with zero attached hydrogens (tertiary/aromatic N) is 1. The third-order valence-corrected chi connectivity index (χ3v) is 6.43. The lowest BCUT2D eigenvalue weighted by molar-refractivity contribution is -0.132. The van der Waals surface area contributed by atoms with Crippen molar-refractivity contribution in [3.63, 3.8) is 0 Å². The molecular formula is C27H19FN2O4. The number of hydrogen-bond donors (Lipinski definition) is 2. The molecule has 1 amide bonds. The van der Waals surface area contributed by atoms with E-state index in [1.807, 2.05) is 24.3 Å². The number of amides is 1. The van der Waals surface area contributed by atoms with Gasteiger partial charge >= 0.3 is 0 Å². The summed E-state index contributed by atoms with van der Waals surface area (Å²) in [4.78, 5) is 31.1. The van der Waals surface area contributed by atoms with Gasteiger partial charge in [0.05, 0.1) is 18.2 Å². The van der Waals surface area contributed by atoms with Crippen LogP contribution in [0.25, 0.3) is 16.7 Å². The van der Waals surface area contributed by atoms with Gasteiger partial charge in [-0.2, -0.15) is 0 Å². The third kappa shape index (κ3) is 3.01. The Morgan fingerprint density at radius 3 is 2.68 bits per heavy atom. The maximum Gasteiger partial charge on any atom is 0.300 e. The number of carbonyl (C=O) groups excluding carboxylic acids is 2. The van der Waals surface area contributed by atoms with Gasteiger partial charge < -0.3 is 14.8 Å². The molecule has 0 aliphatic carbocycles. The van der Waals surface area contributed by atoms with Crippen LogP contribution >= 0.6 is 0 Å². The molecule has 3 heterocycles. The van der Waals surface area contributed by atoms with Crippen LogP contribution in [-0.2, 0) is 16.0 Å². The highest BCUT2D eigenvalue weighted by Crippen LogP contribution is 2.44. The first-order valence-electron chi connectivity index (χ1n) is 10.9. The van der Waals surface area contributed by atoms with Gasteiger partial charge in [-0.05, 0) is 54.1 Å². The molecular weight excluding hydrogens is 435 g/mol. The highest BCUT2D eigenvalue weighted by atomic mass is 19.1. The molecule has 7 heteroatoms. The summed E-state index contributed by atoms with van der Waals surface area (Å²) >= 11 is 0. The lowest BCUT2D eigenvalue weighted by Crippen LogP contribution is -2.29. The van der Waals surface area contributed by atoms with E-state index in [0.29, 0.717) is 29.8 Å². The minimum absolute atomic E-state index is 0.0158. The van der Waals surface area contributed by atoms with Gasteiger partial charge in [-0.25, -0.2) is 4.39 Å². The zero-order valence-electron chi connectivity index (χ0n) is 17.9. The van der Waals surface area contributed by atoms with Crippen LogP contribution in [0.4, 0.5) is 10.1 Å². The van der Waals surface area contributed by atoms with Crippen LogP contribution in [0, 0.1) is 5.82 Å². The molecule has 1 fully saturated rings. The predicted octanol–water partition coefficient (Wildman–Crippen LogP) is 4.87. The lowest BCUT2D eigenvalue weighted by atomic mass is 9.94. The van der Waals surface area contributed by atoms with Crippen molar-refractivity contribution in [3.8, 4) is 5.75 Å². The number of carbonyl (C=O) groups is 2. The van der Waals surface area contributed by atoms with Crippen LogP contribution in [-0.4, -0.2) is 28.4 Å². The Labute approximate surface area is 193 Å². The van der Waals surface area contributed by atoms with Gasteiger partial charge in [0.25, 0.3) is 11.7 Å². The van der Waals surface area contributed by atoms with Crippen molar-refractivity contribution in [1.82, 2.24) is 4.98 Å². The summed E-state index contributed by atoms with van der Waals surface area (Å²) in [6.45, 7) is 0.559. The molecule has 0 saturated carbocycles. The topological polar surface area (TPSA) is 82.6 Å². The van der Waals surface area contributed by atoms with Crippen LogP contribution < -0.4 is 9.64 Å². The number of ketones is 1. The molecule has 1 unspecified atom stereocenters. The molecule has 6 rings (SSSR count). The average Bonchev–Trinajstić information content (AvgIpc) is 3.55. The molecule has 6 nitrogen and oxygen atoms in total. The molecule has 4 aromatic rings. The number of aromatic nitrogens is 1. The van der Waals surface area contributed by atoms with Crippen LogP contribution in [0.1, 0.15) is 22.7 Å². The van der Waals surface area contributed by atoms with Gasteiger partial charge in [0.15, 0.2) is 0 Å². The molecule has 1 atom stereocenters. The van der Waals surface area contributed by atoms with Gasteiger partial charge in [-0.1, -0.05) is 18.2 Å². The normalized spacial score (nSPS) is 19.0. The SMILES string of the molecule is O=C1C(=O)N(c2ccc(F)cc2)C(c2c[nH]c3ccccc23)/C1=C(\O)c1ccc2c(c1)CCO2. The van der Waals surface area contributed by atoms with Gasteiger partial charge in [0.2, 0.25) is 0 Å². The molecule has 2 N–H and O–H groups in total. The fraction of sp³-hybridized carbons (Fsp3) is 0.111. The molecule has 168 valence electrons. The van der Waals surface area contributed by atoms with Crippen molar-refractivity contribution in [2.24, 2.45) is 0 Å². The first-order chi connectivity index (χ1) is 16.5. The molecule has 0 spiro atoms. The minimum Gasteiger partial charge on any atom is -0.507 e. The summed E-state index contributed by atoms with van der Waals surface area (Å²) in [5.74, 6) is -1.55. The fourth-order valence-corrected chi connectivity index (χ4v) is 4.80. The van der Waals surface area contributed by atoms with Gasteiger partial charge in [0.1, 0.15) is 17.3 Å². The lowest BCUT2D eigenvalue weighted by Gasteiger charge is -2.25. The van der Waals surface area contributed by atoms with E-state index < -0.39 is 23.5 Å². The van der Waals surface area contributed by atoms with Gasteiger partial charge in [-0.3, -0.25) is 14.5 Å². The number of hydrogen-bond acceptors (Lipinski definition) is 4. The molecule has 1 saturated heterocycles. The maximum atomic E-state index is 13.6. The van der Waals surface area contributed by atoms with Gasteiger partial charge in [0, 0.05) is 40.3 Å².